The molecule has 0 aliphatic carbocycles. The number of hydrogen-bond donors (Lipinski definition) is 2. The molecule has 0 unspecified atom stereocenters. The maximum atomic E-state index is 13.5. The summed E-state index contributed by atoms with van der Waals surface area (Å²) in [5.74, 6) is -0.324. The van der Waals surface area contributed by atoms with E-state index in [0.717, 1.165) is 6.07 Å². The number of rotatable bonds is 2. The molecule has 2 N–H and O–H groups in total. The Morgan fingerprint density at radius 1 is 1.27 bits per heavy atom. The first-order valence-corrected chi connectivity index (χ1v) is 8.51. The number of benzene rings is 1. The second-order valence-electron chi connectivity index (χ2n) is 6.06. The van der Waals surface area contributed by atoms with Gasteiger partial charge in [0, 0.05) is 18.8 Å². The summed E-state index contributed by atoms with van der Waals surface area (Å²) in [5.41, 5.74) is -0.133. The summed E-state index contributed by atoms with van der Waals surface area (Å²) in [4.78, 5) is 14.6. The average Bonchev–Trinajstić information content (AvgIpc) is 2.60. The minimum atomic E-state index is -4.54. The van der Waals surface area contributed by atoms with Crippen molar-refractivity contribution < 1.29 is 22.7 Å². The van der Waals surface area contributed by atoms with E-state index < -0.39 is 17.8 Å². The third-order valence-corrected chi connectivity index (χ3v) is 4.59. The van der Waals surface area contributed by atoms with Crippen LogP contribution in [-0.2, 0) is 15.7 Å². The highest BCUT2D eigenvalue weighted by atomic mass is 32.1. The predicted octanol–water partition coefficient (Wildman–Crippen LogP) is 2.36. The van der Waals surface area contributed by atoms with Gasteiger partial charge >= 0.3 is 6.18 Å². The quantitative estimate of drug-likeness (QED) is 0.766. The molecular formula is C17H18F3N3O2S. The Hall–Kier alpha value is -2.13. The van der Waals surface area contributed by atoms with Gasteiger partial charge in [-0.2, -0.15) is 13.2 Å². The first kappa shape index (κ1) is 18.7. The van der Waals surface area contributed by atoms with Crippen LogP contribution in [0.5, 0.6) is 0 Å². The molecule has 26 heavy (non-hydrogen) atoms. The van der Waals surface area contributed by atoms with E-state index in [0.29, 0.717) is 32.0 Å². The summed E-state index contributed by atoms with van der Waals surface area (Å²) in [6.45, 7) is 3.24. The number of carbonyl (C=O) groups excluding carboxylic acids is 1. The van der Waals surface area contributed by atoms with Crippen molar-refractivity contribution in [2.75, 3.05) is 26.3 Å². The van der Waals surface area contributed by atoms with E-state index >= 15 is 0 Å². The molecule has 1 atom stereocenters. The van der Waals surface area contributed by atoms with Crippen molar-refractivity contribution in [3.63, 3.8) is 0 Å². The summed E-state index contributed by atoms with van der Waals surface area (Å²) in [6, 6.07) is 4.24. The third-order valence-electron chi connectivity index (χ3n) is 4.38. The van der Waals surface area contributed by atoms with Gasteiger partial charge in [-0.05, 0) is 30.8 Å². The maximum Gasteiger partial charge on any atom is 0.416 e. The Balaban J connectivity index is 2.05. The first-order chi connectivity index (χ1) is 12.3. The molecule has 1 aromatic carbocycles. The highest BCUT2D eigenvalue weighted by Gasteiger charge is 2.39. The van der Waals surface area contributed by atoms with Crippen molar-refractivity contribution in [2.24, 2.45) is 0 Å². The van der Waals surface area contributed by atoms with Gasteiger partial charge in [-0.3, -0.25) is 4.79 Å². The van der Waals surface area contributed by atoms with Crippen LogP contribution in [0.25, 0.3) is 0 Å². The fourth-order valence-electron chi connectivity index (χ4n) is 3.15. The monoisotopic (exact) mass is 385 g/mol. The van der Waals surface area contributed by atoms with Crippen molar-refractivity contribution in [2.45, 2.75) is 19.1 Å². The van der Waals surface area contributed by atoms with E-state index in [1.165, 1.54) is 18.2 Å². The number of alkyl halides is 3. The van der Waals surface area contributed by atoms with Crippen LogP contribution in [0.4, 0.5) is 13.2 Å². The number of nitrogens with one attached hydrogen (secondary N) is 2. The molecule has 2 heterocycles. The molecule has 0 saturated carbocycles. The minimum Gasteiger partial charge on any atom is -0.378 e. The lowest BCUT2D eigenvalue weighted by atomic mass is 9.91. The molecule has 140 valence electrons. The lowest BCUT2D eigenvalue weighted by molar-refractivity contribution is -0.138. The minimum absolute atomic E-state index is 0.0280. The SMILES string of the molecule is CC1=C(C(=O)N2CCOCC2)[C@H](c2ccccc2C(F)(F)F)NC(=S)N1. The van der Waals surface area contributed by atoms with Gasteiger partial charge in [-0.15, -0.1) is 0 Å². The van der Waals surface area contributed by atoms with Crippen LogP contribution in [-0.4, -0.2) is 42.2 Å². The Kier molecular flexibility index (Phi) is 5.19. The van der Waals surface area contributed by atoms with Crippen LogP contribution in [0.15, 0.2) is 35.5 Å². The van der Waals surface area contributed by atoms with E-state index in [4.69, 9.17) is 17.0 Å². The molecular weight excluding hydrogens is 367 g/mol. The number of carbonyl (C=O) groups is 1. The zero-order valence-electron chi connectivity index (χ0n) is 14.0. The molecule has 2 aliphatic rings. The van der Waals surface area contributed by atoms with Crippen molar-refractivity contribution in [3.05, 3.63) is 46.7 Å². The van der Waals surface area contributed by atoms with E-state index in [2.05, 4.69) is 10.6 Å². The van der Waals surface area contributed by atoms with Gasteiger partial charge in [0.25, 0.3) is 5.91 Å². The molecule has 1 amide bonds. The summed E-state index contributed by atoms with van der Waals surface area (Å²) in [6.07, 6.45) is -4.54. The number of thiocarbonyl (C=S) groups is 1. The Morgan fingerprint density at radius 3 is 2.58 bits per heavy atom. The van der Waals surface area contributed by atoms with Crippen molar-refractivity contribution in [1.82, 2.24) is 15.5 Å². The van der Waals surface area contributed by atoms with E-state index in [-0.39, 0.29) is 22.2 Å². The molecule has 9 heteroatoms. The summed E-state index contributed by atoms with van der Waals surface area (Å²) >= 11 is 5.11. The van der Waals surface area contributed by atoms with Gasteiger partial charge in [0.05, 0.1) is 30.4 Å². The van der Waals surface area contributed by atoms with Crippen LogP contribution >= 0.6 is 12.2 Å². The van der Waals surface area contributed by atoms with Crippen molar-refractivity contribution >= 4 is 23.2 Å². The molecule has 3 rings (SSSR count). The second kappa shape index (κ2) is 7.24. The van der Waals surface area contributed by atoms with Crippen LogP contribution in [0.1, 0.15) is 24.1 Å². The van der Waals surface area contributed by atoms with Gasteiger partial charge in [-0.25, -0.2) is 0 Å². The third kappa shape index (κ3) is 3.68. The lowest BCUT2D eigenvalue weighted by Gasteiger charge is -2.35. The Labute approximate surface area is 154 Å². The number of nitrogens with zero attached hydrogens (tertiary/aromatic N) is 1. The van der Waals surface area contributed by atoms with Gasteiger partial charge in [0.1, 0.15) is 0 Å². The van der Waals surface area contributed by atoms with Crippen LogP contribution < -0.4 is 10.6 Å². The highest BCUT2D eigenvalue weighted by molar-refractivity contribution is 7.80. The molecule has 5 nitrogen and oxygen atoms in total. The molecule has 1 aromatic rings. The topological polar surface area (TPSA) is 53.6 Å². The number of amides is 1. The number of hydrogen-bond acceptors (Lipinski definition) is 3. The Bertz CT molecular complexity index is 758. The van der Waals surface area contributed by atoms with Gasteiger partial charge in [0.15, 0.2) is 5.11 Å². The largest absolute Gasteiger partial charge is 0.416 e. The van der Waals surface area contributed by atoms with Crippen LogP contribution in [0.2, 0.25) is 0 Å². The van der Waals surface area contributed by atoms with Crippen molar-refractivity contribution in [3.8, 4) is 0 Å². The molecule has 0 spiro atoms. The zero-order valence-corrected chi connectivity index (χ0v) is 14.8. The van der Waals surface area contributed by atoms with E-state index in [9.17, 15) is 18.0 Å². The number of ether oxygens (including phenoxy) is 1. The second-order valence-corrected chi connectivity index (χ2v) is 6.47. The lowest BCUT2D eigenvalue weighted by Crippen LogP contribution is -2.49. The van der Waals surface area contributed by atoms with Crippen molar-refractivity contribution in [1.29, 1.82) is 0 Å². The molecule has 1 fully saturated rings. The first-order valence-electron chi connectivity index (χ1n) is 8.10. The standard InChI is InChI=1S/C17H18F3N3O2S/c1-10-13(15(24)23-6-8-25-9-7-23)14(22-16(26)21-10)11-4-2-3-5-12(11)17(18,19)20/h2-5,14H,6-9H2,1H3,(H2,21,22,26)/t14-/m0/s1. The summed E-state index contributed by atoms with van der Waals surface area (Å²) < 4.78 is 45.7. The molecule has 0 aromatic heterocycles. The maximum absolute atomic E-state index is 13.5. The van der Waals surface area contributed by atoms with Gasteiger partial charge in [-0.1, -0.05) is 18.2 Å². The number of morpholine rings is 1. The highest BCUT2D eigenvalue weighted by Crippen LogP contribution is 2.38. The fourth-order valence-corrected chi connectivity index (χ4v) is 3.43. The molecule has 0 radical (unpaired) electrons. The van der Waals surface area contributed by atoms with Gasteiger partial charge in [0.2, 0.25) is 0 Å². The number of allylic oxidation sites excluding steroid dienone is 1. The fraction of sp³-hybridized carbons (Fsp3) is 0.412. The Morgan fingerprint density at radius 2 is 1.92 bits per heavy atom. The smallest absolute Gasteiger partial charge is 0.378 e. The zero-order chi connectivity index (χ0) is 18.9. The summed E-state index contributed by atoms with van der Waals surface area (Å²) in [5, 5.41) is 5.86. The van der Waals surface area contributed by atoms with Crippen LogP contribution in [0, 0.1) is 0 Å². The molecule has 1 saturated heterocycles. The molecule has 2 aliphatic heterocycles. The summed E-state index contributed by atoms with van der Waals surface area (Å²) in [7, 11) is 0. The van der Waals surface area contributed by atoms with Gasteiger partial charge < -0.3 is 20.3 Å². The average molecular weight is 385 g/mol. The van der Waals surface area contributed by atoms with Crippen LogP contribution in [0.3, 0.4) is 0 Å². The predicted molar refractivity (Wildman–Crippen MR) is 93.2 cm³/mol. The number of halogens is 3. The van der Waals surface area contributed by atoms with E-state index in [1.54, 1.807) is 11.8 Å². The molecule has 0 bridgehead atoms. The van der Waals surface area contributed by atoms with E-state index in [1.807, 2.05) is 0 Å². The normalized spacial score (nSPS) is 21.3.